The SMILES string of the molecule is Cc1cccc(OCCNC(=O)c2ccc(F)c(S(=O)(=O)N3CCCC3)c2)c1. The van der Waals surface area contributed by atoms with Crippen LogP contribution in [0.2, 0.25) is 0 Å². The van der Waals surface area contributed by atoms with E-state index in [4.69, 9.17) is 4.74 Å². The molecule has 1 aliphatic rings. The Bertz CT molecular complexity index is 956. The van der Waals surface area contributed by atoms with E-state index in [0.717, 1.165) is 30.5 Å². The maximum absolute atomic E-state index is 14.2. The standard InChI is InChI=1S/C20H23FN2O4S/c1-15-5-4-6-17(13-15)27-12-9-22-20(24)16-7-8-18(21)19(14-16)28(25,26)23-10-2-3-11-23/h4-8,13-14H,2-3,9-12H2,1H3,(H,22,24). The van der Waals surface area contributed by atoms with E-state index in [2.05, 4.69) is 5.32 Å². The summed E-state index contributed by atoms with van der Waals surface area (Å²) in [6.45, 7) is 3.19. The molecule has 0 spiro atoms. The first-order valence-corrected chi connectivity index (χ1v) is 10.6. The van der Waals surface area contributed by atoms with Gasteiger partial charge in [0.1, 0.15) is 23.1 Å². The number of sulfonamides is 1. The Morgan fingerprint density at radius 1 is 1.18 bits per heavy atom. The highest BCUT2D eigenvalue weighted by Crippen LogP contribution is 2.24. The topological polar surface area (TPSA) is 75.7 Å². The van der Waals surface area contributed by atoms with E-state index in [1.54, 1.807) is 0 Å². The molecule has 0 radical (unpaired) electrons. The molecule has 0 aliphatic carbocycles. The number of carbonyl (C=O) groups excluding carboxylic acids is 1. The lowest BCUT2D eigenvalue weighted by atomic mass is 10.2. The van der Waals surface area contributed by atoms with E-state index >= 15 is 0 Å². The van der Waals surface area contributed by atoms with E-state index in [9.17, 15) is 17.6 Å². The molecule has 1 aliphatic heterocycles. The van der Waals surface area contributed by atoms with Crippen molar-refractivity contribution in [2.75, 3.05) is 26.2 Å². The summed E-state index contributed by atoms with van der Waals surface area (Å²) in [6.07, 6.45) is 1.50. The van der Waals surface area contributed by atoms with Gasteiger partial charge >= 0.3 is 0 Å². The van der Waals surface area contributed by atoms with Crippen LogP contribution in [0.25, 0.3) is 0 Å². The van der Waals surface area contributed by atoms with Gasteiger partial charge in [0.25, 0.3) is 5.91 Å². The summed E-state index contributed by atoms with van der Waals surface area (Å²) < 4.78 is 46.2. The first kappa shape index (κ1) is 20.3. The quantitative estimate of drug-likeness (QED) is 0.718. The Labute approximate surface area is 164 Å². The summed E-state index contributed by atoms with van der Waals surface area (Å²) >= 11 is 0. The summed E-state index contributed by atoms with van der Waals surface area (Å²) in [4.78, 5) is 11.9. The molecule has 1 fully saturated rings. The molecule has 1 heterocycles. The summed E-state index contributed by atoms with van der Waals surface area (Å²) in [6, 6.07) is 10.9. The van der Waals surface area contributed by atoms with Crippen LogP contribution in [-0.2, 0) is 10.0 Å². The Balaban J connectivity index is 1.62. The van der Waals surface area contributed by atoms with Crippen LogP contribution in [0.5, 0.6) is 5.75 Å². The van der Waals surface area contributed by atoms with Gasteiger partial charge in [0.05, 0.1) is 6.54 Å². The molecule has 0 saturated carbocycles. The number of nitrogens with one attached hydrogen (secondary N) is 1. The molecular formula is C20H23FN2O4S. The van der Waals surface area contributed by atoms with Crippen molar-refractivity contribution in [1.82, 2.24) is 9.62 Å². The van der Waals surface area contributed by atoms with Crippen molar-refractivity contribution < 1.29 is 22.3 Å². The van der Waals surface area contributed by atoms with Gasteiger partial charge in [0.15, 0.2) is 0 Å². The predicted octanol–water partition coefficient (Wildman–Crippen LogP) is 2.73. The number of rotatable bonds is 7. The molecule has 6 nitrogen and oxygen atoms in total. The van der Waals surface area contributed by atoms with Gasteiger partial charge in [0, 0.05) is 18.7 Å². The van der Waals surface area contributed by atoms with Crippen LogP contribution >= 0.6 is 0 Å². The second-order valence-corrected chi connectivity index (χ2v) is 8.58. The van der Waals surface area contributed by atoms with Crippen LogP contribution in [0.4, 0.5) is 4.39 Å². The van der Waals surface area contributed by atoms with Crippen molar-refractivity contribution in [2.24, 2.45) is 0 Å². The van der Waals surface area contributed by atoms with Crippen LogP contribution in [0.1, 0.15) is 28.8 Å². The number of carbonyl (C=O) groups is 1. The number of benzene rings is 2. The van der Waals surface area contributed by atoms with Gasteiger partial charge in [-0.25, -0.2) is 12.8 Å². The van der Waals surface area contributed by atoms with E-state index in [1.807, 2.05) is 31.2 Å². The molecule has 8 heteroatoms. The minimum atomic E-state index is -3.94. The second kappa shape index (κ2) is 8.70. The van der Waals surface area contributed by atoms with E-state index in [0.29, 0.717) is 18.8 Å². The second-order valence-electron chi connectivity index (χ2n) is 6.68. The first-order chi connectivity index (χ1) is 13.4. The van der Waals surface area contributed by atoms with Crippen molar-refractivity contribution in [3.63, 3.8) is 0 Å². The minimum Gasteiger partial charge on any atom is -0.492 e. The van der Waals surface area contributed by atoms with Gasteiger partial charge in [-0.2, -0.15) is 4.31 Å². The maximum atomic E-state index is 14.2. The van der Waals surface area contributed by atoms with Gasteiger partial charge in [0.2, 0.25) is 10.0 Å². The average molecular weight is 406 g/mol. The number of hydrogen-bond donors (Lipinski definition) is 1. The molecule has 3 rings (SSSR count). The summed E-state index contributed by atoms with van der Waals surface area (Å²) in [5.41, 5.74) is 1.16. The van der Waals surface area contributed by atoms with Crippen molar-refractivity contribution in [3.05, 3.63) is 59.4 Å². The molecule has 1 amide bonds. The lowest BCUT2D eigenvalue weighted by Crippen LogP contribution is -2.30. The highest BCUT2D eigenvalue weighted by Gasteiger charge is 2.30. The molecule has 2 aromatic carbocycles. The number of amides is 1. The van der Waals surface area contributed by atoms with E-state index in [-0.39, 0.29) is 18.7 Å². The average Bonchev–Trinajstić information content (AvgIpc) is 3.21. The van der Waals surface area contributed by atoms with Crippen molar-refractivity contribution in [1.29, 1.82) is 0 Å². The lowest BCUT2D eigenvalue weighted by molar-refractivity contribution is 0.0946. The van der Waals surface area contributed by atoms with Crippen LogP contribution in [0.15, 0.2) is 47.4 Å². The number of aryl methyl sites for hydroxylation is 1. The van der Waals surface area contributed by atoms with Gasteiger partial charge in [-0.1, -0.05) is 12.1 Å². The van der Waals surface area contributed by atoms with Crippen LogP contribution in [0.3, 0.4) is 0 Å². The van der Waals surface area contributed by atoms with Crippen LogP contribution in [-0.4, -0.2) is 44.9 Å². The Kier molecular flexibility index (Phi) is 6.31. The van der Waals surface area contributed by atoms with Gasteiger partial charge < -0.3 is 10.1 Å². The van der Waals surface area contributed by atoms with Crippen molar-refractivity contribution >= 4 is 15.9 Å². The smallest absolute Gasteiger partial charge is 0.251 e. The molecule has 2 aromatic rings. The molecule has 150 valence electrons. The first-order valence-electron chi connectivity index (χ1n) is 9.15. The minimum absolute atomic E-state index is 0.0923. The summed E-state index contributed by atoms with van der Waals surface area (Å²) in [5, 5.41) is 2.66. The molecule has 28 heavy (non-hydrogen) atoms. The summed E-state index contributed by atoms with van der Waals surface area (Å²) in [5.74, 6) is -0.632. The van der Waals surface area contributed by atoms with E-state index < -0.39 is 26.6 Å². The molecule has 0 atom stereocenters. The Hall–Kier alpha value is -2.45. The monoisotopic (exact) mass is 406 g/mol. The number of hydrogen-bond acceptors (Lipinski definition) is 4. The third-order valence-corrected chi connectivity index (χ3v) is 6.44. The third kappa shape index (κ3) is 4.69. The highest BCUT2D eigenvalue weighted by molar-refractivity contribution is 7.89. The Morgan fingerprint density at radius 3 is 2.64 bits per heavy atom. The van der Waals surface area contributed by atoms with Gasteiger partial charge in [-0.15, -0.1) is 0 Å². The zero-order valence-corrected chi connectivity index (χ0v) is 16.5. The predicted molar refractivity (Wildman–Crippen MR) is 103 cm³/mol. The number of nitrogens with zero attached hydrogens (tertiary/aromatic N) is 1. The molecule has 0 unspecified atom stereocenters. The van der Waals surface area contributed by atoms with Gasteiger partial charge in [-0.05, 0) is 55.7 Å². The van der Waals surface area contributed by atoms with E-state index in [1.165, 1.54) is 10.4 Å². The number of ether oxygens (including phenoxy) is 1. The van der Waals surface area contributed by atoms with Gasteiger partial charge in [-0.3, -0.25) is 4.79 Å². The fraction of sp³-hybridized carbons (Fsp3) is 0.350. The molecule has 1 saturated heterocycles. The number of halogens is 1. The lowest BCUT2D eigenvalue weighted by Gasteiger charge is -2.16. The summed E-state index contributed by atoms with van der Waals surface area (Å²) in [7, 11) is -3.94. The molecule has 1 N–H and O–H groups in total. The Morgan fingerprint density at radius 2 is 1.93 bits per heavy atom. The zero-order valence-electron chi connectivity index (χ0n) is 15.7. The zero-order chi connectivity index (χ0) is 20.1. The fourth-order valence-corrected chi connectivity index (χ4v) is 4.66. The van der Waals surface area contributed by atoms with Crippen molar-refractivity contribution in [2.45, 2.75) is 24.7 Å². The molecular weight excluding hydrogens is 383 g/mol. The molecule has 0 aromatic heterocycles. The molecule has 0 bridgehead atoms. The van der Waals surface area contributed by atoms with Crippen LogP contribution < -0.4 is 10.1 Å². The fourth-order valence-electron chi connectivity index (χ4n) is 3.05. The normalized spacial score (nSPS) is 14.8. The maximum Gasteiger partial charge on any atom is 0.251 e. The third-order valence-electron chi connectivity index (χ3n) is 4.52. The largest absolute Gasteiger partial charge is 0.492 e. The van der Waals surface area contributed by atoms with Crippen molar-refractivity contribution in [3.8, 4) is 5.75 Å². The van der Waals surface area contributed by atoms with Crippen LogP contribution in [0, 0.1) is 12.7 Å². The highest BCUT2D eigenvalue weighted by atomic mass is 32.2.